The van der Waals surface area contributed by atoms with Gasteiger partial charge in [-0.15, -0.1) is 0 Å². The normalized spacial score (nSPS) is 17.1. The van der Waals surface area contributed by atoms with Crippen LogP contribution in [0.25, 0.3) is 0 Å². The van der Waals surface area contributed by atoms with Crippen LogP contribution in [0.5, 0.6) is 0 Å². The van der Waals surface area contributed by atoms with Crippen LogP contribution >= 0.6 is 0 Å². The van der Waals surface area contributed by atoms with Crippen molar-refractivity contribution in [2.24, 2.45) is 5.92 Å². The molecule has 1 aromatic rings. The first-order valence-electron chi connectivity index (χ1n) is 6.15. The van der Waals surface area contributed by atoms with Gasteiger partial charge in [-0.2, -0.15) is 5.10 Å². The first-order chi connectivity index (χ1) is 8.16. The molecule has 0 aliphatic carbocycles. The van der Waals surface area contributed by atoms with Crippen molar-refractivity contribution in [3.8, 4) is 0 Å². The standard InChI is InChI=1S/C12H20N4O/c1-9-7-11(15-14-9)12(17)16(2)8-10-3-5-13-6-4-10/h7,10,13H,3-6,8H2,1-2H3,(H,14,15). The highest BCUT2D eigenvalue weighted by molar-refractivity contribution is 5.92. The number of aromatic amines is 1. The quantitative estimate of drug-likeness (QED) is 0.815. The minimum atomic E-state index is 0.00730. The first-order valence-corrected chi connectivity index (χ1v) is 6.15. The number of carbonyl (C=O) groups excluding carboxylic acids is 1. The molecule has 0 aromatic carbocycles. The zero-order valence-electron chi connectivity index (χ0n) is 10.5. The summed E-state index contributed by atoms with van der Waals surface area (Å²) in [5.41, 5.74) is 1.43. The topological polar surface area (TPSA) is 61.0 Å². The highest BCUT2D eigenvalue weighted by Crippen LogP contribution is 2.14. The summed E-state index contributed by atoms with van der Waals surface area (Å²) in [6.45, 7) is 4.85. The Balaban J connectivity index is 1.90. The third kappa shape index (κ3) is 3.06. The Morgan fingerprint density at radius 2 is 2.24 bits per heavy atom. The lowest BCUT2D eigenvalue weighted by Gasteiger charge is -2.27. The van der Waals surface area contributed by atoms with Crippen molar-refractivity contribution in [1.82, 2.24) is 20.4 Å². The molecular formula is C12H20N4O. The second kappa shape index (κ2) is 5.31. The van der Waals surface area contributed by atoms with Crippen LogP contribution in [0, 0.1) is 12.8 Å². The van der Waals surface area contributed by atoms with Crippen LogP contribution < -0.4 is 5.32 Å². The van der Waals surface area contributed by atoms with Gasteiger partial charge in [-0.25, -0.2) is 0 Å². The number of hydrogen-bond acceptors (Lipinski definition) is 3. The molecule has 17 heavy (non-hydrogen) atoms. The van der Waals surface area contributed by atoms with Crippen molar-refractivity contribution >= 4 is 5.91 Å². The molecule has 0 bridgehead atoms. The van der Waals surface area contributed by atoms with E-state index in [9.17, 15) is 4.79 Å². The van der Waals surface area contributed by atoms with Crippen molar-refractivity contribution in [1.29, 1.82) is 0 Å². The van der Waals surface area contributed by atoms with Gasteiger partial charge in [-0.1, -0.05) is 0 Å². The van der Waals surface area contributed by atoms with Gasteiger partial charge in [0.15, 0.2) is 0 Å². The van der Waals surface area contributed by atoms with Crippen LogP contribution in [0.2, 0.25) is 0 Å². The minimum absolute atomic E-state index is 0.00730. The molecule has 94 valence electrons. The number of hydrogen-bond donors (Lipinski definition) is 2. The molecule has 1 fully saturated rings. The fraction of sp³-hybridized carbons (Fsp3) is 0.667. The van der Waals surface area contributed by atoms with Crippen LogP contribution in [0.15, 0.2) is 6.07 Å². The molecule has 0 saturated carbocycles. The predicted molar refractivity (Wildman–Crippen MR) is 65.9 cm³/mol. The Morgan fingerprint density at radius 3 is 2.82 bits per heavy atom. The maximum Gasteiger partial charge on any atom is 0.274 e. The van der Waals surface area contributed by atoms with Gasteiger partial charge in [0.25, 0.3) is 5.91 Å². The third-order valence-corrected chi connectivity index (χ3v) is 3.26. The van der Waals surface area contributed by atoms with E-state index in [4.69, 9.17) is 0 Å². The number of aryl methyl sites for hydroxylation is 1. The molecule has 0 spiro atoms. The molecule has 2 rings (SSSR count). The Kier molecular flexibility index (Phi) is 3.78. The van der Waals surface area contributed by atoms with Gasteiger partial charge in [0.1, 0.15) is 5.69 Å². The summed E-state index contributed by atoms with van der Waals surface area (Å²) in [6, 6.07) is 1.79. The number of nitrogens with zero attached hydrogens (tertiary/aromatic N) is 2. The van der Waals surface area contributed by atoms with Crippen molar-refractivity contribution in [3.05, 3.63) is 17.5 Å². The third-order valence-electron chi connectivity index (χ3n) is 3.26. The van der Waals surface area contributed by atoms with E-state index >= 15 is 0 Å². The summed E-state index contributed by atoms with van der Waals surface area (Å²) in [6.07, 6.45) is 2.30. The van der Waals surface area contributed by atoms with E-state index in [0.29, 0.717) is 11.6 Å². The summed E-state index contributed by atoms with van der Waals surface area (Å²) < 4.78 is 0. The lowest BCUT2D eigenvalue weighted by atomic mass is 9.97. The fourth-order valence-electron chi connectivity index (χ4n) is 2.26. The number of aromatic nitrogens is 2. The number of H-pyrrole nitrogens is 1. The summed E-state index contributed by atoms with van der Waals surface area (Å²) >= 11 is 0. The Hall–Kier alpha value is -1.36. The van der Waals surface area contributed by atoms with Gasteiger partial charge < -0.3 is 10.2 Å². The molecule has 1 aliphatic rings. The molecule has 1 saturated heterocycles. The van der Waals surface area contributed by atoms with Gasteiger partial charge in [-0.05, 0) is 44.8 Å². The van der Waals surface area contributed by atoms with E-state index in [0.717, 1.165) is 38.2 Å². The first kappa shape index (κ1) is 12.1. The second-order valence-corrected chi connectivity index (χ2v) is 4.82. The van der Waals surface area contributed by atoms with Crippen molar-refractivity contribution in [2.75, 3.05) is 26.7 Å². The molecule has 5 nitrogen and oxygen atoms in total. The average Bonchev–Trinajstić information content (AvgIpc) is 2.76. The summed E-state index contributed by atoms with van der Waals surface area (Å²) in [5, 5.41) is 10.1. The second-order valence-electron chi connectivity index (χ2n) is 4.82. The smallest absolute Gasteiger partial charge is 0.274 e. The lowest BCUT2D eigenvalue weighted by molar-refractivity contribution is 0.0757. The van der Waals surface area contributed by atoms with Crippen LogP contribution in [-0.2, 0) is 0 Å². The molecule has 1 aliphatic heterocycles. The molecule has 1 aromatic heterocycles. The van der Waals surface area contributed by atoms with Crippen LogP contribution in [0.4, 0.5) is 0 Å². The molecule has 0 atom stereocenters. The predicted octanol–water partition coefficient (Wildman–Crippen LogP) is 0.790. The highest BCUT2D eigenvalue weighted by Gasteiger charge is 2.20. The van der Waals surface area contributed by atoms with E-state index < -0.39 is 0 Å². The van der Waals surface area contributed by atoms with Crippen LogP contribution in [0.3, 0.4) is 0 Å². The van der Waals surface area contributed by atoms with Crippen molar-refractivity contribution < 1.29 is 4.79 Å². The maximum atomic E-state index is 12.1. The van der Waals surface area contributed by atoms with Gasteiger partial charge in [-0.3, -0.25) is 9.89 Å². The van der Waals surface area contributed by atoms with Crippen LogP contribution in [0.1, 0.15) is 29.0 Å². The number of carbonyl (C=O) groups is 1. The number of amides is 1. The largest absolute Gasteiger partial charge is 0.340 e. The number of piperidine rings is 1. The molecule has 5 heteroatoms. The summed E-state index contributed by atoms with van der Waals surface area (Å²) in [7, 11) is 1.86. The summed E-state index contributed by atoms with van der Waals surface area (Å²) in [5.74, 6) is 0.623. The van der Waals surface area contributed by atoms with E-state index in [2.05, 4.69) is 15.5 Å². The summed E-state index contributed by atoms with van der Waals surface area (Å²) in [4.78, 5) is 13.8. The Bertz CT molecular complexity index is 382. The Labute approximate surface area is 102 Å². The van der Waals surface area contributed by atoms with Gasteiger partial charge in [0.05, 0.1) is 0 Å². The monoisotopic (exact) mass is 236 g/mol. The zero-order chi connectivity index (χ0) is 12.3. The van der Waals surface area contributed by atoms with E-state index in [-0.39, 0.29) is 5.91 Å². The number of rotatable bonds is 3. The van der Waals surface area contributed by atoms with E-state index in [1.165, 1.54) is 0 Å². The highest BCUT2D eigenvalue weighted by atomic mass is 16.2. The van der Waals surface area contributed by atoms with Crippen molar-refractivity contribution in [2.45, 2.75) is 19.8 Å². The lowest BCUT2D eigenvalue weighted by Crippen LogP contribution is -2.37. The number of nitrogens with one attached hydrogen (secondary N) is 2. The fourth-order valence-corrected chi connectivity index (χ4v) is 2.26. The molecule has 2 heterocycles. The van der Waals surface area contributed by atoms with E-state index in [1.807, 2.05) is 14.0 Å². The minimum Gasteiger partial charge on any atom is -0.340 e. The Morgan fingerprint density at radius 1 is 1.53 bits per heavy atom. The average molecular weight is 236 g/mol. The van der Waals surface area contributed by atoms with Gasteiger partial charge >= 0.3 is 0 Å². The van der Waals surface area contributed by atoms with Gasteiger partial charge in [0, 0.05) is 19.3 Å². The molecule has 0 radical (unpaired) electrons. The van der Waals surface area contributed by atoms with Crippen molar-refractivity contribution in [3.63, 3.8) is 0 Å². The zero-order valence-corrected chi connectivity index (χ0v) is 10.5. The van der Waals surface area contributed by atoms with E-state index in [1.54, 1.807) is 11.0 Å². The molecule has 2 N–H and O–H groups in total. The van der Waals surface area contributed by atoms with Crippen LogP contribution in [-0.4, -0.2) is 47.7 Å². The molecule has 1 amide bonds. The molecular weight excluding hydrogens is 216 g/mol. The van der Waals surface area contributed by atoms with Gasteiger partial charge in [0.2, 0.25) is 0 Å². The maximum absolute atomic E-state index is 12.1. The SMILES string of the molecule is Cc1cc(C(=O)N(C)CC2CCNCC2)n[nH]1. The molecule has 0 unspecified atom stereocenters.